The molecule has 1 rings (SSSR count). The second-order valence-corrected chi connectivity index (χ2v) is 4.91. The highest BCUT2D eigenvalue weighted by Crippen LogP contribution is 2.29. The molecule has 0 amide bonds. The predicted molar refractivity (Wildman–Crippen MR) is 75.1 cm³/mol. The first-order chi connectivity index (χ1) is 8.65. The summed E-state index contributed by atoms with van der Waals surface area (Å²) < 4.78 is 5.36. The molecule has 102 valence electrons. The number of benzene rings is 1. The Balaban J connectivity index is 2.40. The Labute approximate surface area is 110 Å². The Bertz CT molecular complexity index is 350. The number of aromatic hydroxyl groups is 1. The fourth-order valence-corrected chi connectivity index (χ4v) is 1.84. The summed E-state index contributed by atoms with van der Waals surface area (Å²) >= 11 is 0. The average molecular weight is 251 g/mol. The van der Waals surface area contributed by atoms with Crippen LogP contribution in [0.3, 0.4) is 0 Å². The zero-order valence-corrected chi connectivity index (χ0v) is 11.7. The van der Waals surface area contributed by atoms with Gasteiger partial charge in [-0.25, -0.2) is 0 Å². The number of phenols is 1. The van der Waals surface area contributed by atoms with Gasteiger partial charge in [-0.15, -0.1) is 0 Å². The van der Waals surface area contributed by atoms with Crippen LogP contribution in [0, 0.1) is 5.92 Å². The van der Waals surface area contributed by atoms with Crippen molar-refractivity contribution in [3.8, 4) is 11.5 Å². The van der Waals surface area contributed by atoms with Crippen molar-refractivity contribution in [3.05, 3.63) is 23.8 Å². The van der Waals surface area contributed by atoms with Gasteiger partial charge >= 0.3 is 0 Å². The van der Waals surface area contributed by atoms with Gasteiger partial charge in [-0.05, 0) is 38.3 Å². The molecule has 1 aromatic carbocycles. The highest BCUT2D eigenvalue weighted by Gasteiger charge is 2.06. The summed E-state index contributed by atoms with van der Waals surface area (Å²) in [6.45, 7) is 8.62. The smallest absolute Gasteiger partial charge is 0.162 e. The second-order valence-electron chi connectivity index (χ2n) is 4.91. The van der Waals surface area contributed by atoms with Crippen LogP contribution in [0.15, 0.2) is 18.2 Å². The molecule has 0 aliphatic carbocycles. The highest BCUT2D eigenvalue weighted by atomic mass is 16.5. The van der Waals surface area contributed by atoms with Gasteiger partial charge < -0.3 is 15.2 Å². The zero-order chi connectivity index (χ0) is 13.4. The SMILES string of the molecule is CCOc1cccc(CNCCCC(C)C)c1O. The highest BCUT2D eigenvalue weighted by molar-refractivity contribution is 5.45. The fourth-order valence-electron chi connectivity index (χ4n) is 1.84. The van der Waals surface area contributed by atoms with E-state index in [2.05, 4.69) is 19.2 Å². The molecule has 0 saturated carbocycles. The maximum atomic E-state index is 10.00. The van der Waals surface area contributed by atoms with Gasteiger partial charge in [-0.3, -0.25) is 0 Å². The van der Waals surface area contributed by atoms with E-state index in [9.17, 15) is 5.11 Å². The maximum Gasteiger partial charge on any atom is 0.162 e. The third-order valence-electron chi connectivity index (χ3n) is 2.83. The molecule has 0 spiro atoms. The van der Waals surface area contributed by atoms with Crippen molar-refractivity contribution in [2.45, 2.75) is 40.2 Å². The average Bonchev–Trinajstić information content (AvgIpc) is 2.33. The summed E-state index contributed by atoms with van der Waals surface area (Å²) in [6, 6.07) is 5.63. The van der Waals surface area contributed by atoms with Crippen LogP contribution in [0.4, 0.5) is 0 Å². The lowest BCUT2D eigenvalue weighted by Gasteiger charge is -2.11. The van der Waals surface area contributed by atoms with Crippen molar-refractivity contribution in [2.24, 2.45) is 5.92 Å². The first kappa shape index (κ1) is 14.8. The summed E-state index contributed by atoms with van der Waals surface area (Å²) in [5, 5.41) is 13.4. The molecule has 0 fully saturated rings. The second kappa shape index (κ2) is 7.98. The third kappa shape index (κ3) is 4.96. The predicted octanol–water partition coefficient (Wildman–Crippen LogP) is 3.32. The molecule has 0 aliphatic rings. The Morgan fingerprint density at radius 2 is 2.11 bits per heavy atom. The minimum absolute atomic E-state index is 0.260. The molecular formula is C15H25NO2. The number of nitrogens with one attached hydrogen (secondary N) is 1. The van der Waals surface area contributed by atoms with Crippen molar-refractivity contribution in [1.82, 2.24) is 5.32 Å². The van der Waals surface area contributed by atoms with E-state index >= 15 is 0 Å². The largest absolute Gasteiger partial charge is 0.504 e. The van der Waals surface area contributed by atoms with Gasteiger partial charge in [-0.2, -0.15) is 0 Å². The Kier molecular flexibility index (Phi) is 6.58. The lowest BCUT2D eigenvalue weighted by Crippen LogP contribution is -2.15. The van der Waals surface area contributed by atoms with Crippen LogP contribution < -0.4 is 10.1 Å². The number of hydrogen-bond acceptors (Lipinski definition) is 3. The maximum absolute atomic E-state index is 10.00. The van der Waals surface area contributed by atoms with Crippen molar-refractivity contribution in [2.75, 3.05) is 13.2 Å². The van der Waals surface area contributed by atoms with Crippen LogP contribution in [-0.4, -0.2) is 18.3 Å². The van der Waals surface area contributed by atoms with Gasteiger partial charge in [0, 0.05) is 12.1 Å². The Morgan fingerprint density at radius 3 is 2.78 bits per heavy atom. The molecule has 3 nitrogen and oxygen atoms in total. The van der Waals surface area contributed by atoms with E-state index in [1.807, 2.05) is 19.1 Å². The van der Waals surface area contributed by atoms with E-state index in [1.165, 1.54) is 12.8 Å². The van der Waals surface area contributed by atoms with Crippen LogP contribution in [0.5, 0.6) is 11.5 Å². The fraction of sp³-hybridized carbons (Fsp3) is 0.600. The lowest BCUT2D eigenvalue weighted by molar-refractivity contribution is 0.316. The van der Waals surface area contributed by atoms with Crippen LogP contribution in [-0.2, 0) is 6.54 Å². The molecule has 0 radical (unpaired) electrons. The molecule has 3 heteroatoms. The van der Waals surface area contributed by atoms with Crippen molar-refractivity contribution >= 4 is 0 Å². The molecule has 0 heterocycles. The van der Waals surface area contributed by atoms with Gasteiger partial charge in [0.1, 0.15) is 0 Å². The molecule has 0 bridgehead atoms. The molecule has 0 atom stereocenters. The Morgan fingerprint density at radius 1 is 1.33 bits per heavy atom. The van der Waals surface area contributed by atoms with E-state index in [0.717, 1.165) is 18.0 Å². The molecule has 0 unspecified atom stereocenters. The molecule has 0 aliphatic heterocycles. The van der Waals surface area contributed by atoms with Crippen LogP contribution in [0.2, 0.25) is 0 Å². The molecule has 18 heavy (non-hydrogen) atoms. The van der Waals surface area contributed by atoms with Gasteiger partial charge in [0.05, 0.1) is 6.61 Å². The Hall–Kier alpha value is -1.22. The number of para-hydroxylation sites is 1. The summed E-state index contributed by atoms with van der Waals surface area (Å²) in [7, 11) is 0. The van der Waals surface area contributed by atoms with Crippen molar-refractivity contribution < 1.29 is 9.84 Å². The minimum atomic E-state index is 0.260. The molecule has 1 aromatic rings. The first-order valence-electron chi connectivity index (χ1n) is 6.79. The van der Waals surface area contributed by atoms with Gasteiger partial charge in [-0.1, -0.05) is 26.0 Å². The summed E-state index contributed by atoms with van der Waals surface area (Å²) in [5.74, 6) is 1.58. The number of rotatable bonds is 8. The number of phenolic OH excluding ortho intramolecular Hbond substituents is 1. The van der Waals surface area contributed by atoms with E-state index in [-0.39, 0.29) is 5.75 Å². The standard InChI is InChI=1S/C15H25NO2/c1-4-18-14-9-5-8-13(15(14)17)11-16-10-6-7-12(2)3/h5,8-9,12,16-17H,4,6-7,10-11H2,1-3H3. The molecule has 0 saturated heterocycles. The first-order valence-corrected chi connectivity index (χ1v) is 6.79. The van der Waals surface area contributed by atoms with Gasteiger partial charge in [0.15, 0.2) is 11.5 Å². The van der Waals surface area contributed by atoms with Gasteiger partial charge in [0.2, 0.25) is 0 Å². The normalized spacial score (nSPS) is 10.9. The summed E-state index contributed by atoms with van der Waals surface area (Å²) in [5.41, 5.74) is 0.894. The van der Waals surface area contributed by atoms with Gasteiger partial charge in [0.25, 0.3) is 0 Å². The zero-order valence-electron chi connectivity index (χ0n) is 11.7. The van der Waals surface area contributed by atoms with E-state index < -0.39 is 0 Å². The molecular weight excluding hydrogens is 226 g/mol. The summed E-state index contributed by atoms with van der Waals surface area (Å²) in [4.78, 5) is 0. The van der Waals surface area contributed by atoms with Crippen LogP contribution in [0.25, 0.3) is 0 Å². The van der Waals surface area contributed by atoms with Crippen LogP contribution in [0.1, 0.15) is 39.2 Å². The number of ether oxygens (including phenoxy) is 1. The topological polar surface area (TPSA) is 41.5 Å². The quantitative estimate of drug-likeness (QED) is 0.696. The summed E-state index contributed by atoms with van der Waals surface area (Å²) in [6.07, 6.45) is 2.40. The molecule has 0 aromatic heterocycles. The number of hydrogen-bond donors (Lipinski definition) is 2. The lowest BCUT2D eigenvalue weighted by atomic mass is 10.1. The van der Waals surface area contributed by atoms with E-state index in [1.54, 1.807) is 6.07 Å². The molecule has 2 N–H and O–H groups in total. The van der Waals surface area contributed by atoms with Crippen LogP contribution >= 0.6 is 0 Å². The van der Waals surface area contributed by atoms with Crippen molar-refractivity contribution in [1.29, 1.82) is 0 Å². The minimum Gasteiger partial charge on any atom is -0.504 e. The monoisotopic (exact) mass is 251 g/mol. The third-order valence-corrected chi connectivity index (χ3v) is 2.83. The van der Waals surface area contributed by atoms with E-state index in [4.69, 9.17) is 4.74 Å². The van der Waals surface area contributed by atoms with E-state index in [0.29, 0.717) is 18.9 Å². The van der Waals surface area contributed by atoms with Crippen molar-refractivity contribution in [3.63, 3.8) is 0 Å².